The van der Waals surface area contributed by atoms with E-state index in [0.29, 0.717) is 5.75 Å². The standard InChI is InChI=1S/C15H22N2OS.C10H13N3.ClH/c1-11(10-19(18)15(2,3)4)12-7-6-8-14-13(12)9-16-17(14)5;1-7(11)8-4-3-5-10-9(8)6-12-13(10)2;/h6-9,11H,10H2,1-5H3;3-7H,11H2,1-2H3;1H/t11-,19+;7-;/m10./s1. The fourth-order valence-electron chi connectivity index (χ4n) is 3.79. The topological polar surface area (TPSA) is 78.7 Å². The second-order valence-electron chi connectivity index (χ2n) is 9.41. The number of benzene rings is 2. The molecule has 33 heavy (non-hydrogen) atoms. The van der Waals surface area contributed by atoms with Crippen LogP contribution in [0.5, 0.6) is 0 Å². The lowest BCUT2D eigenvalue weighted by Crippen LogP contribution is -2.26. The van der Waals surface area contributed by atoms with E-state index in [1.54, 1.807) is 0 Å². The first-order chi connectivity index (χ1) is 15.0. The van der Waals surface area contributed by atoms with E-state index in [1.807, 2.05) is 75.7 Å². The predicted molar refractivity (Wildman–Crippen MR) is 142 cm³/mol. The molecule has 3 atom stereocenters. The molecule has 0 unspecified atom stereocenters. The number of nitrogens with two attached hydrogens (primary N) is 1. The van der Waals surface area contributed by atoms with E-state index >= 15 is 0 Å². The molecular weight excluding hydrogens is 454 g/mol. The highest BCUT2D eigenvalue weighted by Gasteiger charge is 2.23. The van der Waals surface area contributed by atoms with E-state index in [0.717, 1.165) is 22.0 Å². The highest BCUT2D eigenvalue weighted by atomic mass is 35.5. The van der Waals surface area contributed by atoms with Crippen LogP contribution in [0.4, 0.5) is 0 Å². The Morgan fingerprint density at radius 2 is 1.36 bits per heavy atom. The van der Waals surface area contributed by atoms with Gasteiger partial charge in [0.25, 0.3) is 0 Å². The van der Waals surface area contributed by atoms with Crippen molar-refractivity contribution in [3.05, 3.63) is 59.9 Å². The Morgan fingerprint density at radius 1 is 0.909 bits per heavy atom. The average molecular weight is 490 g/mol. The van der Waals surface area contributed by atoms with Crippen LogP contribution in [0.2, 0.25) is 0 Å². The molecule has 0 aliphatic rings. The smallest absolute Gasteiger partial charge is 0.0682 e. The van der Waals surface area contributed by atoms with Crippen LogP contribution in [-0.2, 0) is 24.9 Å². The van der Waals surface area contributed by atoms with Gasteiger partial charge in [0.15, 0.2) is 0 Å². The van der Waals surface area contributed by atoms with Crippen molar-refractivity contribution < 1.29 is 4.21 Å². The lowest BCUT2D eigenvalue weighted by atomic mass is 9.99. The second-order valence-corrected chi connectivity index (χ2v) is 11.7. The molecule has 4 rings (SSSR count). The molecule has 6 nitrogen and oxygen atoms in total. The summed E-state index contributed by atoms with van der Waals surface area (Å²) in [5.74, 6) is 0.963. The van der Waals surface area contributed by atoms with Gasteiger partial charge in [-0.1, -0.05) is 31.2 Å². The summed E-state index contributed by atoms with van der Waals surface area (Å²) in [5.41, 5.74) is 10.5. The summed E-state index contributed by atoms with van der Waals surface area (Å²) in [7, 11) is 3.06. The number of nitrogens with zero attached hydrogens (tertiary/aromatic N) is 4. The third-order valence-electron chi connectivity index (χ3n) is 5.76. The summed E-state index contributed by atoms with van der Waals surface area (Å²) in [6.07, 6.45) is 3.77. The lowest BCUT2D eigenvalue weighted by molar-refractivity contribution is 0.643. The zero-order valence-corrected chi connectivity index (χ0v) is 22.2. The summed E-state index contributed by atoms with van der Waals surface area (Å²) in [6, 6.07) is 12.4. The monoisotopic (exact) mass is 489 g/mol. The highest BCUT2D eigenvalue weighted by Crippen LogP contribution is 2.27. The summed E-state index contributed by atoms with van der Waals surface area (Å²) in [6.45, 7) is 10.2. The third-order valence-corrected chi connectivity index (χ3v) is 7.93. The van der Waals surface area contributed by atoms with Gasteiger partial charge in [-0.3, -0.25) is 13.6 Å². The summed E-state index contributed by atoms with van der Waals surface area (Å²) >= 11 is 0. The van der Waals surface area contributed by atoms with Crippen LogP contribution in [0.15, 0.2) is 48.8 Å². The van der Waals surface area contributed by atoms with Gasteiger partial charge in [-0.05, 0) is 56.9 Å². The molecule has 0 amide bonds. The fourth-order valence-corrected chi connectivity index (χ4v) is 4.93. The Balaban J connectivity index is 0.000000241. The van der Waals surface area contributed by atoms with Gasteiger partial charge < -0.3 is 5.73 Å². The average Bonchev–Trinajstić information content (AvgIpc) is 3.30. The minimum atomic E-state index is -0.831. The fraction of sp³-hybridized carbons (Fsp3) is 0.440. The Kier molecular flexibility index (Phi) is 8.85. The molecule has 2 heterocycles. The molecule has 0 aliphatic carbocycles. The first kappa shape index (κ1) is 27.0. The Morgan fingerprint density at radius 3 is 1.82 bits per heavy atom. The molecule has 0 aliphatic heterocycles. The van der Waals surface area contributed by atoms with Crippen LogP contribution < -0.4 is 5.73 Å². The van der Waals surface area contributed by atoms with Gasteiger partial charge in [-0.2, -0.15) is 10.2 Å². The van der Waals surface area contributed by atoms with Gasteiger partial charge in [-0.25, -0.2) is 0 Å². The van der Waals surface area contributed by atoms with Crippen molar-refractivity contribution >= 4 is 45.0 Å². The van der Waals surface area contributed by atoms with E-state index in [4.69, 9.17) is 5.73 Å². The minimum absolute atomic E-state index is 0. The Bertz CT molecular complexity index is 1240. The molecule has 0 saturated carbocycles. The van der Waals surface area contributed by atoms with E-state index in [-0.39, 0.29) is 29.1 Å². The van der Waals surface area contributed by atoms with Gasteiger partial charge in [0.05, 0.1) is 23.4 Å². The van der Waals surface area contributed by atoms with Gasteiger partial charge in [-0.15, -0.1) is 12.4 Å². The maximum atomic E-state index is 12.3. The maximum absolute atomic E-state index is 12.3. The summed E-state index contributed by atoms with van der Waals surface area (Å²) in [4.78, 5) is 0. The molecule has 0 fully saturated rings. The van der Waals surface area contributed by atoms with Gasteiger partial charge in [0.2, 0.25) is 0 Å². The van der Waals surface area contributed by atoms with Gasteiger partial charge >= 0.3 is 0 Å². The van der Waals surface area contributed by atoms with E-state index in [9.17, 15) is 4.21 Å². The van der Waals surface area contributed by atoms with E-state index < -0.39 is 10.8 Å². The van der Waals surface area contributed by atoms with Gasteiger partial charge in [0.1, 0.15) is 0 Å². The van der Waals surface area contributed by atoms with Crippen molar-refractivity contribution in [3.8, 4) is 0 Å². The number of hydrogen-bond acceptors (Lipinski definition) is 4. The molecule has 8 heteroatoms. The molecule has 2 aromatic heterocycles. The van der Waals surface area contributed by atoms with Crippen molar-refractivity contribution in [2.75, 3.05) is 5.75 Å². The number of rotatable bonds is 4. The van der Waals surface area contributed by atoms with Gasteiger partial charge in [0, 0.05) is 52.2 Å². The van der Waals surface area contributed by atoms with Crippen LogP contribution in [0.25, 0.3) is 21.8 Å². The van der Waals surface area contributed by atoms with Crippen LogP contribution in [0.3, 0.4) is 0 Å². The number of aromatic nitrogens is 4. The normalized spacial score (nSPS) is 14.3. The molecule has 0 spiro atoms. The zero-order chi connectivity index (χ0) is 23.6. The number of aryl methyl sites for hydroxylation is 2. The molecule has 180 valence electrons. The highest BCUT2D eigenvalue weighted by molar-refractivity contribution is 7.86. The van der Waals surface area contributed by atoms with Crippen LogP contribution in [0.1, 0.15) is 57.7 Å². The predicted octanol–water partition coefficient (Wildman–Crippen LogP) is 5.24. The molecule has 0 radical (unpaired) electrons. The molecular formula is C25H36ClN5OS. The molecule has 0 saturated heterocycles. The Labute approximate surface area is 205 Å². The maximum Gasteiger partial charge on any atom is 0.0682 e. The third kappa shape index (κ3) is 6.02. The lowest BCUT2D eigenvalue weighted by Gasteiger charge is -2.21. The van der Waals surface area contributed by atoms with Crippen molar-refractivity contribution in [1.29, 1.82) is 0 Å². The molecule has 4 aromatic rings. The van der Waals surface area contributed by atoms with Crippen LogP contribution in [0, 0.1) is 0 Å². The molecule has 2 aromatic carbocycles. The molecule has 2 N–H and O–H groups in total. The summed E-state index contributed by atoms with van der Waals surface area (Å²) < 4.78 is 15.9. The van der Waals surface area contributed by atoms with Crippen molar-refractivity contribution in [1.82, 2.24) is 19.6 Å². The summed E-state index contributed by atoms with van der Waals surface area (Å²) in [5, 5.41) is 10.8. The minimum Gasteiger partial charge on any atom is -0.324 e. The van der Waals surface area contributed by atoms with E-state index in [2.05, 4.69) is 41.4 Å². The van der Waals surface area contributed by atoms with E-state index in [1.165, 1.54) is 10.9 Å². The number of fused-ring (bicyclic) bond motifs is 2. The second kappa shape index (κ2) is 10.8. The number of hydrogen-bond donors (Lipinski definition) is 1. The van der Waals surface area contributed by atoms with Crippen molar-refractivity contribution in [2.24, 2.45) is 19.8 Å². The van der Waals surface area contributed by atoms with Crippen LogP contribution in [-0.4, -0.2) is 34.3 Å². The first-order valence-corrected chi connectivity index (χ1v) is 12.3. The SMILES string of the molecule is C[C@H](C[S@](=O)C(C)(C)C)c1cccc2c1cnn2C.C[C@H](N)c1cccc2c1cnn2C.Cl. The molecule has 0 bridgehead atoms. The largest absolute Gasteiger partial charge is 0.324 e. The number of halogens is 1. The van der Waals surface area contributed by atoms with Crippen molar-refractivity contribution in [3.63, 3.8) is 0 Å². The quantitative estimate of drug-likeness (QED) is 0.425. The Hall–Kier alpha value is -2.22. The zero-order valence-electron chi connectivity index (χ0n) is 20.6. The van der Waals surface area contributed by atoms with Crippen LogP contribution >= 0.6 is 12.4 Å². The first-order valence-electron chi connectivity index (χ1n) is 11.0. The van der Waals surface area contributed by atoms with Crippen molar-refractivity contribution in [2.45, 2.75) is 51.3 Å².